The molecular formula is C10H14N2O3. The SMILES string of the molecule is NC[C@H](Cc1ccc(O)cc1)NC(=O)O. The molecule has 82 valence electrons. The van der Waals surface area contributed by atoms with Crippen molar-refractivity contribution in [2.24, 2.45) is 5.73 Å². The minimum atomic E-state index is -1.08. The minimum Gasteiger partial charge on any atom is -0.508 e. The van der Waals surface area contributed by atoms with Crippen LogP contribution in [-0.2, 0) is 6.42 Å². The van der Waals surface area contributed by atoms with Crippen molar-refractivity contribution in [2.45, 2.75) is 12.5 Å². The summed E-state index contributed by atoms with van der Waals surface area (Å²) in [6.07, 6.45) is -0.562. The van der Waals surface area contributed by atoms with Crippen molar-refractivity contribution in [1.29, 1.82) is 0 Å². The van der Waals surface area contributed by atoms with Gasteiger partial charge in [0.05, 0.1) is 0 Å². The van der Waals surface area contributed by atoms with Gasteiger partial charge in [-0.25, -0.2) is 4.79 Å². The molecule has 0 unspecified atom stereocenters. The average Bonchev–Trinajstić information content (AvgIpc) is 2.19. The Kier molecular flexibility index (Phi) is 3.93. The number of benzene rings is 1. The van der Waals surface area contributed by atoms with E-state index in [1.807, 2.05) is 0 Å². The number of nitrogens with two attached hydrogens (primary N) is 1. The van der Waals surface area contributed by atoms with E-state index in [0.717, 1.165) is 5.56 Å². The minimum absolute atomic E-state index is 0.189. The Labute approximate surface area is 87.5 Å². The molecule has 15 heavy (non-hydrogen) atoms. The molecule has 1 aromatic rings. The van der Waals surface area contributed by atoms with Crippen LogP contribution in [0.5, 0.6) is 5.75 Å². The van der Waals surface area contributed by atoms with Crippen LogP contribution in [-0.4, -0.2) is 28.9 Å². The van der Waals surface area contributed by atoms with Gasteiger partial charge in [0.15, 0.2) is 0 Å². The Hall–Kier alpha value is -1.75. The third-order valence-corrected chi connectivity index (χ3v) is 2.03. The van der Waals surface area contributed by atoms with E-state index in [2.05, 4.69) is 5.32 Å². The Balaban J connectivity index is 2.58. The largest absolute Gasteiger partial charge is 0.508 e. The summed E-state index contributed by atoms with van der Waals surface area (Å²) in [6, 6.07) is 6.29. The van der Waals surface area contributed by atoms with Crippen molar-refractivity contribution in [1.82, 2.24) is 5.32 Å². The highest BCUT2D eigenvalue weighted by Crippen LogP contribution is 2.10. The van der Waals surface area contributed by atoms with Crippen molar-refractivity contribution in [3.8, 4) is 5.75 Å². The molecule has 5 N–H and O–H groups in total. The lowest BCUT2D eigenvalue weighted by atomic mass is 10.1. The van der Waals surface area contributed by atoms with Gasteiger partial charge in [-0.1, -0.05) is 12.1 Å². The van der Waals surface area contributed by atoms with Crippen LogP contribution in [0, 0.1) is 0 Å². The fourth-order valence-electron chi connectivity index (χ4n) is 1.28. The third-order valence-electron chi connectivity index (χ3n) is 2.03. The number of hydrogen-bond acceptors (Lipinski definition) is 3. The molecule has 0 spiro atoms. The molecule has 0 saturated heterocycles. The van der Waals surface area contributed by atoms with Crippen LogP contribution in [0.25, 0.3) is 0 Å². The summed E-state index contributed by atoms with van der Waals surface area (Å²) in [7, 11) is 0. The molecule has 0 aliphatic rings. The van der Waals surface area contributed by atoms with Gasteiger partial charge >= 0.3 is 6.09 Å². The third kappa shape index (κ3) is 3.86. The molecule has 0 aromatic heterocycles. The quantitative estimate of drug-likeness (QED) is 0.583. The van der Waals surface area contributed by atoms with Crippen molar-refractivity contribution in [3.63, 3.8) is 0 Å². The Morgan fingerprint density at radius 3 is 2.47 bits per heavy atom. The summed E-state index contributed by atoms with van der Waals surface area (Å²) >= 11 is 0. The van der Waals surface area contributed by atoms with E-state index in [1.54, 1.807) is 24.3 Å². The number of aromatic hydroxyl groups is 1. The molecule has 0 radical (unpaired) electrons. The molecule has 1 amide bonds. The van der Waals surface area contributed by atoms with Gasteiger partial charge in [-0.15, -0.1) is 0 Å². The zero-order chi connectivity index (χ0) is 11.3. The molecule has 0 bridgehead atoms. The monoisotopic (exact) mass is 210 g/mol. The van der Waals surface area contributed by atoms with Crippen molar-refractivity contribution >= 4 is 6.09 Å². The molecule has 5 nitrogen and oxygen atoms in total. The van der Waals surface area contributed by atoms with Crippen LogP contribution in [0.2, 0.25) is 0 Å². The summed E-state index contributed by atoms with van der Waals surface area (Å²) in [5.74, 6) is 0.189. The molecule has 0 aliphatic heterocycles. The average molecular weight is 210 g/mol. The fourth-order valence-corrected chi connectivity index (χ4v) is 1.28. The second kappa shape index (κ2) is 5.21. The first-order valence-corrected chi connectivity index (χ1v) is 4.59. The predicted molar refractivity (Wildman–Crippen MR) is 55.8 cm³/mol. The highest BCUT2D eigenvalue weighted by atomic mass is 16.4. The second-order valence-electron chi connectivity index (χ2n) is 3.25. The predicted octanol–water partition coefficient (Wildman–Crippen LogP) is 0.530. The Morgan fingerprint density at radius 2 is 2.00 bits per heavy atom. The van der Waals surface area contributed by atoms with Gasteiger partial charge in [0.25, 0.3) is 0 Å². The van der Waals surface area contributed by atoms with E-state index < -0.39 is 6.09 Å². The fraction of sp³-hybridized carbons (Fsp3) is 0.300. The van der Waals surface area contributed by atoms with E-state index in [-0.39, 0.29) is 18.3 Å². The number of carbonyl (C=O) groups is 1. The van der Waals surface area contributed by atoms with Crippen LogP contribution in [0.15, 0.2) is 24.3 Å². The van der Waals surface area contributed by atoms with Crippen molar-refractivity contribution in [2.75, 3.05) is 6.54 Å². The lowest BCUT2D eigenvalue weighted by molar-refractivity contribution is 0.190. The first-order valence-electron chi connectivity index (χ1n) is 4.59. The van der Waals surface area contributed by atoms with Crippen LogP contribution in [0.4, 0.5) is 4.79 Å². The van der Waals surface area contributed by atoms with Gasteiger partial charge in [-0.3, -0.25) is 0 Å². The molecule has 0 fully saturated rings. The summed E-state index contributed by atoms with van der Waals surface area (Å²) in [5, 5.41) is 19.9. The summed E-state index contributed by atoms with van der Waals surface area (Å²) < 4.78 is 0. The number of hydrogen-bond donors (Lipinski definition) is 4. The van der Waals surface area contributed by atoms with Gasteiger partial charge < -0.3 is 21.3 Å². The van der Waals surface area contributed by atoms with Gasteiger partial charge in [0.2, 0.25) is 0 Å². The first-order chi connectivity index (χ1) is 7.11. The van der Waals surface area contributed by atoms with Gasteiger partial charge in [-0.2, -0.15) is 0 Å². The number of phenolic OH excluding ortho intramolecular Hbond substituents is 1. The zero-order valence-electron chi connectivity index (χ0n) is 8.18. The Bertz CT molecular complexity index is 324. The zero-order valence-corrected chi connectivity index (χ0v) is 8.18. The summed E-state index contributed by atoms with van der Waals surface area (Å²) in [4.78, 5) is 10.4. The van der Waals surface area contributed by atoms with Crippen LogP contribution >= 0.6 is 0 Å². The smallest absolute Gasteiger partial charge is 0.404 e. The topological polar surface area (TPSA) is 95.6 Å². The first kappa shape index (κ1) is 11.3. The lowest BCUT2D eigenvalue weighted by Crippen LogP contribution is -2.40. The lowest BCUT2D eigenvalue weighted by Gasteiger charge is -2.14. The number of nitrogens with one attached hydrogen (secondary N) is 1. The second-order valence-corrected chi connectivity index (χ2v) is 3.25. The standard InChI is InChI=1S/C10H14N2O3/c11-6-8(12-10(14)15)5-7-1-3-9(13)4-2-7/h1-4,8,12-13H,5-6,11H2,(H,14,15)/t8-/m0/s1. The van der Waals surface area contributed by atoms with E-state index in [0.29, 0.717) is 6.42 Å². The van der Waals surface area contributed by atoms with Crippen molar-refractivity contribution in [3.05, 3.63) is 29.8 Å². The summed E-state index contributed by atoms with van der Waals surface area (Å²) in [5.41, 5.74) is 6.35. The maximum atomic E-state index is 10.4. The van der Waals surface area contributed by atoms with E-state index >= 15 is 0 Å². The van der Waals surface area contributed by atoms with Gasteiger partial charge in [0.1, 0.15) is 5.75 Å². The molecular weight excluding hydrogens is 196 g/mol. The highest BCUT2D eigenvalue weighted by Gasteiger charge is 2.09. The highest BCUT2D eigenvalue weighted by molar-refractivity contribution is 5.64. The number of rotatable bonds is 4. The Morgan fingerprint density at radius 1 is 1.40 bits per heavy atom. The molecule has 0 aliphatic carbocycles. The van der Waals surface area contributed by atoms with Crippen LogP contribution in [0.1, 0.15) is 5.56 Å². The molecule has 1 rings (SSSR count). The van der Waals surface area contributed by atoms with Gasteiger partial charge in [0, 0.05) is 12.6 Å². The number of carboxylic acid groups (broad SMARTS) is 1. The number of amides is 1. The molecule has 5 heteroatoms. The van der Waals surface area contributed by atoms with E-state index in [1.165, 1.54) is 0 Å². The van der Waals surface area contributed by atoms with Crippen molar-refractivity contribution < 1.29 is 15.0 Å². The van der Waals surface area contributed by atoms with Crippen LogP contribution in [0.3, 0.4) is 0 Å². The maximum Gasteiger partial charge on any atom is 0.404 e. The van der Waals surface area contributed by atoms with Gasteiger partial charge in [-0.05, 0) is 24.1 Å². The van der Waals surface area contributed by atoms with E-state index in [9.17, 15) is 4.79 Å². The molecule has 1 atom stereocenters. The molecule has 1 aromatic carbocycles. The number of phenols is 1. The van der Waals surface area contributed by atoms with Crippen LogP contribution < -0.4 is 11.1 Å². The van der Waals surface area contributed by atoms with E-state index in [4.69, 9.17) is 15.9 Å². The normalized spacial score (nSPS) is 12.1. The molecule has 0 heterocycles. The summed E-state index contributed by atoms with van der Waals surface area (Å²) in [6.45, 7) is 0.243. The molecule has 0 saturated carbocycles. The maximum absolute atomic E-state index is 10.4.